The Bertz CT molecular complexity index is 363. The monoisotopic (exact) mass is 281 g/mol. The first kappa shape index (κ1) is 15.0. The van der Waals surface area contributed by atoms with Gasteiger partial charge in [-0.3, -0.25) is 0 Å². The molecule has 108 valence electrons. The lowest BCUT2D eigenvalue weighted by Gasteiger charge is -2.39. The summed E-state index contributed by atoms with van der Waals surface area (Å²) < 4.78 is 6.41. The van der Waals surface area contributed by atoms with Crippen LogP contribution in [0.2, 0.25) is 0 Å². The van der Waals surface area contributed by atoms with Crippen LogP contribution in [0.1, 0.15) is 51.7 Å². The summed E-state index contributed by atoms with van der Waals surface area (Å²) in [6, 6.07) is 2.14. The number of hydrogen-bond acceptors (Lipinski definition) is 3. The van der Waals surface area contributed by atoms with Crippen molar-refractivity contribution >= 4 is 11.3 Å². The van der Waals surface area contributed by atoms with Gasteiger partial charge in [0.2, 0.25) is 0 Å². The molecule has 1 saturated carbocycles. The van der Waals surface area contributed by atoms with E-state index in [-0.39, 0.29) is 6.10 Å². The smallest absolute Gasteiger partial charge is 0.0958 e. The van der Waals surface area contributed by atoms with E-state index < -0.39 is 0 Å². The van der Waals surface area contributed by atoms with Crippen LogP contribution in [0.4, 0.5) is 0 Å². The molecule has 3 heteroatoms. The number of nitrogens with two attached hydrogens (primary N) is 1. The molecule has 19 heavy (non-hydrogen) atoms. The molecule has 0 amide bonds. The largest absolute Gasteiger partial charge is 0.369 e. The van der Waals surface area contributed by atoms with Crippen LogP contribution in [0.15, 0.2) is 16.8 Å². The highest BCUT2D eigenvalue weighted by Gasteiger charge is 2.33. The average Bonchev–Trinajstić information content (AvgIpc) is 2.89. The van der Waals surface area contributed by atoms with Gasteiger partial charge in [0.25, 0.3) is 0 Å². The van der Waals surface area contributed by atoms with Crippen LogP contribution in [0.5, 0.6) is 0 Å². The van der Waals surface area contributed by atoms with Crippen molar-refractivity contribution in [1.29, 1.82) is 0 Å². The van der Waals surface area contributed by atoms with Crippen molar-refractivity contribution in [1.82, 2.24) is 0 Å². The predicted molar refractivity (Wildman–Crippen MR) is 82.3 cm³/mol. The fraction of sp³-hybridized carbons (Fsp3) is 0.750. The van der Waals surface area contributed by atoms with E-state index in [1.54, 1.807) is 11.3 Å². The van der Waals surface area contributed by atoms with Gasteiger partial charge in [0.15, 0.2) is 0 Å². The zero-order chi connectivity index (χ0) is 13.8. The predicted octanol–water partition coefficient (Wildman–Crippen LogP) is 4.23. The Hall–Kier alpha value is -0.380. The summed E-state index contributed by atoms with van der Waals surface area (Å²) in [6.07, 6.45) is 4.27. The highest BCUT2D eigenvalue weighted by atomic mass is 32.1. The van der Waals surface area contributed by atoms with E-state index in [9.17, 15) is 0 Å². The minimum Gasteiger partial charge on any atom is -0.369 e. The highest BCUT2D eigenvalue weighted by molar-refractivity contribution is 7.07. The van der Waals surface area contributed by atoms with Gasteiger partial charge in [0.05, 0.1) is 12.2 Å². The van der Waals surface area contributed by atoms with Crippen molar-refractivity contribution < 1.29 is 4.74 Å². The minimum atomic E-state index is 0.0720. The van der Waals surface area contributed by atoms with Crippen LogP contribution in [0, 0.1) is 17.8 Å². The van der Waals surface area contributed by atoms with E-state index in [0.717, 1.165) is 5.92 Å². The third-order valence-corrected chi connectivity index (χ3v) is 5.13. The molecule has 1 aliphatic carbocycles. The molecule has 0 bridgehead atoms. The molecule has 1 aliphatic rings. The molecule has 1 fully saturated rings. The first-order chi connectivity index (χ1) is 9.11. The molecular formula is C16H27NOS. The first-order valence-corrected chi connectivity index (χ1v) is 8.43. The van der Waals surface area contributed by atoms with Crippen molar-refractivity contribution in [2.75, 3.05) is 6.54 Å². The Morgan fingerprint density at radius 3 is 2.79 bits per heavy atom. The van der Waals surface area contributed by atoms with Gasteiger partial charge in [-0.05, 0) is 53.0 Å². The molecule has 1 heterocycles. The molecule has 0 saturated heterocycles. The lowest BCUT2D eigenvalue weighted by Crippen LogP contribution is -2.36. The average molecular weight is 281 g/mol. The lowest BCUT2D eigenvalue weighted by atomic mass is 9.75. The standard InChI is InChI=1S/C16H27NOS/c1-11(2)14-5-4-12(3)8-15(14)18-16(9-17)13-6-7-19-10-13/h6-7,10-12,14-16H,4-5,8-9,17H2,1-3H3. The molecular weight excluding hydrogens is 254 g/mol. The molecule has 2 nitrogen and oxygen atoms in total. The summed E-state index contributed by atoms with van der Waals surface area (Å²) in [5.41, 5.74) is 7.16. The zero-order valence-corrected chi connectivity index (χ0v) is 13.2. The fourth-order valence-electron chi connectivity index (χ4n) is 3.21. The van der Waals surface area contributed by atoms with Crippen LogP contribution in [0.25, 0.3) is 0 Å². The molecule has 0 radical (unpaired) electrons. The van der Waals surface area contributed by atoms with Gasteiger partial charge in [-0.2, -0.15) is 11.3 Å². The van der Waals surface area contributed by atoms with E-state index in [4.69, 9.17) is 10.5 Å². The molecule has 2 rings (SSSR count). The van der Waals surface area contributed by atoms with Crippen LogP contribution in [-0.2, 0) is 4.74 Å². The summed E-state index contributed by atoms with van der Waals surface area (Å²) >= 11 is 1.72. The quantitative estimate of drug-likeness (QED) is 0.876. The third-order valence-electron chi connectivity index (χ3n) is 4.43. The molecule has 0 spiro atoms. The summed E-state index contributed by atoms with van der Waals surface area (Å²) in [4.78, 5) is 0. The van der Waals surface area contributed by atoms with E-state index in [2.05, 4.69) is 37.6 Å². The molecule has 1 aromatic rings. The van der Waals surface area contributed by atoms with Crippen molar-refractivity contribution in [2.24, 2.45) is 23.5 Å². The summed E-state index contributed by atoms with van der Waals surface area (Å²) in [7, 11) is 0. The number of hydrogen-bond donors (Lipinski definition) is 1. The summed E-state index contributed by atoms with van der Waals surface area (Å²) in [6.45, 7) is 7.56. The molecule has 1 aromatic heterocycles. The van der Waals surface area contributed by atoms with Gasteiger partial charge in [0, 0.05) is 6.54 Å². The highest BCUT2D eigenvalue weighted by Crippen LogP contribution is 2.37. The maximum absolute atomic E-state index is 6.41. The third kappa shape index (κ3) is 3.80. The normalized spacial score (nSPS) is 29.6. The molecule has 0 aromatic carbocycles. The van der Waals surface area contributed by atoms with Gasteiger partial charge in [-0.1, -0.05) is 27.2 Å². The number of rotatable bonds is 5. The Balaban J connectivity index is 2.05. The molecule has 2 N–H and O–H groups in total. The van der Waals surface area contributed by atoms with Crippen LogP contribution in [0.3, 0.4) is 0 Å². The molecule has 4 atom stereocenters. The Morgan fingerprint density at radius 1 is 1.42 bits per heavy atom. The Labute approximate surface area is 121 Å². The Morgan fingerprint density at radius 2 is 2.21 bits per heavy atom. The zero-order valence-electron chi connectivity index (χ0n) is 12.3. The van der Waals surface area contributed by atoms with E-state index in [1.165, 1.54) is 24.8 Å². The summed E-state index contributed by atoms with van der Waals surface area (Å²) in [5.74, 6) is 2.16. The van der Waals surface area contributed by atoms with Crippen molar-refractivity contribution in [3.8, 4) is 0 Å². The maximum Gasteiger partial charge on any atom is 0.0958 e. The lowest BCUT2D eigenvalue weighted by molar-refractivity contribution is -0.0784. The second-order valence-corrected chi connectivity index (χ2v) is 7.06. The second kappa shape index (κ2) is 6.87. The van der Waals surface area contributed by atoms with Crippen LogP contribution < -0.4 is 5.73 Å². The SMILES string of the molecule is CC1CCC(C(C)C)C(OC(CN)c2ccsc2)C1. The van der Waals surface area contributed by atoms with Crippen molar-refractivity contribution in [3.05, 3.63) is 22.4 Å². The van der Waals surface area contributed by atoms with E-state index >= 15 is 0 Å². The topological polar surface area (TPSA) is 35.2 Å². The molecule has 0 aliphatic heterocycles. The second-order valence-electron chi connectivity index (χ2n) is 6.28. The van der Waals surface area contributed by atoms with Gasteiger partial charge < -0.3 is 10.5 Å². The van der Waals surface area contributed by atoms with Gasteiger partial charge >= 0.3 is 0 Å². The van der Waals surface area contributed by atoms with Gasteiger partial charge in [-0.25, -0.2) is 0 Å². The fourth-order valence-corrected chi connectivity index (χ4v) is 3.91. The first-order valence-electron chi connectivity index (χ1n) is 7.49. The van der Waals surface area contributed by atoms with E-state index in [1.807, 2.05) is 0 Å². The Kier molecular flexibility index (Phi) is 5.43. The van der Waals surface area contributed by atoms with Crippen LogP contribution in [-0.4, -0.2) is 12.6 Å². The molecule has 4 unspecified atom stereocenters. The van der Waals surface area contributed by atoms with Gasteiger partial charge in [-0.15, -0.1) is 0 Å². The van der Waals surface area contributed by atoms with Crippen LogP contribution >= 0.6 is 11.3 Å². The minimum absolute atomic E-state index is 0.0720. The van der Waals surface area contributed by atoms with Crippen molar-refractivity contribution in [3.63, 3.8) is 0 Å². The number of ether oxygens (including phenoxy) is 1. The van der Waals surface area contributed by atoms with Crippen molar-refractivity contribution in [2.45, 2.75) is 52.2 Å². The number of thiophene rings is 1. The summed E-state index contributed by atoms with van der Waals surface area (Å²) in [5, 5.41) is 4.26. The maximum atomic E-state index is 6.41. The van der Waals surface area contributed by atoms with E-state index in [0.29, 0.717) is 24.5 Å². The van der Waals surface area contributed by atoms with Gasteiger partial charge in [0.1, 0.15) is 0 Å².